The van der Waals surface area contributed by atoms with Gasteiger partial charge in [-0.25, -0.2) is 0 Å². The van der Waals surface area contributed by atoms with E-state index in [1.807, 2.05) is 55.5 Å². The minimum atomic E-state index is -0.713. The third kappa shape index (κ3) is 3.48. The van der Waals surface area contributed by atoms with Crippen LogP contribution in [0.4, 0.5) is 0 Å². The molecule has 0 aliphatic rings. The lowest BCUT2D eigenvalue weighted by Gasteiger charge is -2.16. The van der Waals surface area contributed by atoms with Crippen molar-refractivity contribution in [3.05, 3.63) is 59.7 Å². The van der Waals surface area contributed by atoms with Crippen molar-refractivity contribution in [2.45, 2.75) is 13.0 Å². The molecule has 0 aliphatic heterocycles. The second-order valence-corrected chi connectivity index (χ2v) is 4.39. The Morgan fingerprint density at radius 1 is 1.11 bits per heavy atom. The van der Waals surface area contributed by atoms with Gasteiger partial charge in [-0.3, -0.25) is 0 Å². The molecule has 2 aromatic rings. The average Bonchev–Trinajstić information content (AvgIpc) is 2.46. The number of aliphatic hydroxyl groups is 1. The van der Waals surface area contributed by atoms with E-state index in [0.717, 1.165) is 16.9 Å². The zero-order valence-corrected chi connectivity index (χ0v) is 11.2. The van der Waals surface area contributed by atoms with Crippen LogP contribution in [0.25, 0.3) is 0 Å². The normalized spacial score (nSPS) is 11.9. The molecular weight excluding hydrogens is 240 g/mol. The van der Waals surface area contributed by atoms with Gasteiger partial charge in [-0.05, 0) is 31.2 Å². The summed E-state index contributed by atoms with van der Waals surface area (Å²) >= 11 is 0. The van der Waals surface area contributed by atoms with Gasteiger partial charge in [0.05, 0.1) is 7.11 Å². The Morgan fingerprint density at radius 3 is 2.53 bits per heavy atom. The molecular formula is C16H18O3. The van der Waals surface area contributed by atoms with Gasteiger partial charge in [0.2, 0.25) is 0 Å². The van der Waals surface area contributed by atoms with Crippen LogP contribution in [0.2, 0.25) is 0 Å². The van der Waals surface area contributed by atoms with E-state index in [1.54, 1.807) is 7.11 Å². The maximum Gasteiger partial charge on any atom is 0.124 e. The molecule has 0 radical (unpaired) electrons. The number of ether oxygens (including phenoxy) is 2. The first kappa shape index (κ1) is 13.4. The highest BCUT2D eigenvalue weighted by atomic mass is 16.5. The fraction of sp³-hybridized carbons (Fsp3) is 0.250. The van der Waals surface area contributed by atoms with E-state index < -0.39 is 6.10 Å². The molecule has 0 fully saturated rings. The van der Waals surface area contributed by atoms with Crippen molar-refractivity contribution in [2.75, 3.05) is 13.7 Å². The van der Waals surface area contributed by atoms with Crippen LogP contribution < -0.4 is 9.47 Å². The third-order valence-corrected chi connectivity index (χ3v) is 2.90. The van der Waals surface area contributed by atoms with E-state index in [1.165, 1.54) is 0 Å². The summed E-state index contributed by atoms with van der Waals surface area (Å²) in [5.74, 6) is 1.42. The minimum absolute atomic E-state index is 0.198. The first-order valence-electron chi connectivity index (χ1n) is 6.21. The molecule has 0 aromatic heterocycles. The summed E-state index contributed by atoms with van der Waals surface area (Å²) in [6.07, 6.45) is -0.713. The van der Waals surface area contributed by atoms with E-state index in [-0.39, 0.29) is 6.61 Å². The fourth-order valence-electron chi connectivity index (χ4n) is 1.90. The van der Waals surface area contributed by atoms with Crippen LogP contribution in [0.15, 0.2) is 48.5 Å². The molecule has 0 heterocycles. The molecule has 2 rings (SSSR count). The number of aliphatic hydroxyl groups excluding tert-OH is 1. The molecule has 0 bridgehead atoms. The fourth-order valence-corrected chi connectivity index (χ4v) is 1.90. The van der Waals surface area contributed by atoms with E-state index in [0.29, 0.717) is 5.75 Å². The molecule has 1 unspecified atom stereocenters. The zero-order valence-electron chi connectivity index (χ0n) is 11.2. The van der Waals surface area contributed by atoms with Gasteiger partial charge in [0.25, 0.3) is 0 Å². The summed E-state index contributed by atoms with van der Waals surface area (Å²) in [5.41, 5.74) is 1.83. The van der Waals surface area contributed by atoms with E-state index in [9.17, 15) is 5.11 Å². The van der Waals surface area contributed by atoms with Crippen molar-refractivity contribution < 1.29 is 14.6 Å². The SMILES string of the molecule is COc1ccc(C)cc1C(O)COc1ccccc1. The molecule has 0 aliphatic carbocycles. The second kappa shape index (κ2) is 6.25. The van der Waals surface area contributed by atoms with Gasteiger partial charge in [0.1, 0.15) is 24.2 Å². The van der Waals surface area contributed by atoms with Crippen LogP contribution in [0, 0.1) is 6.92 Å². The van der Waals surface area contributed by atoms with E-state index in [2.05, 4.69) is 0 Å². The lowest BCUT2D eigenvalue weighted by atomic mass is 10.1. The number of benzene rings is 2. The Morgan fingerprint density at radius 2 is 1.84 bits per heavy atom. The van der Waals surface area contributed by atoms with Crippen LogP contribution in [0.1, 0.15) is 17.2 Å². The molecule has 0 spiro atoms. The van der Waals surface area contributed by atoms with Crippen LogP contribution in [-0.2, 0) is 0 Å². The Hall–Kier alpha value is -2.00. The van der Waals surface area contributed by atoms with E-state index in [4.69, 9.17) is 9.47 Å². The largest absolute Gasteiger partial charge is 0.496 e. The van der Waals surface area contributed by atoms with Crippen LogP contribution in [-0.4, -0.2) is 18.8 Å². The molecule has 3 nitrogen and oxygen atoms in total. The highest BCUT2D eigenvalue weighted by Gasteiger charge is 2.14. The van der Waals surface area contributed by atoms with Crippen molar-refractivity contribution in [3.8, 4) is 11.5 Å². The molecule has 0 saturated heterocycles. The zero-order chi connectivity index (χ0) is 13.7. The maximum atomic E-state index is 10.2. The highest BCUT2D eigenvalue weighted by molar-refractivity contribution is 5.38. The summed E-state index contributed by atoms with van der Waals surface area (Å²) in [5, 5.41) is 10.2. The predicted octanol–water partition coefficient (Wildman–Crippen LogP) is 3.12. The molecule has 100 valence electrons. The van der Waals surface area contributed by atoms with Crippen LogP contribution in [0.5, 0.6) is 11.5 Å². The molecule has 2 aromatic carbocycles. The number of para-hydroxylation sites is 1. The number of methoxy groups -OCH3 is 1. The number of hydrogen-bond donors (Lipinski definition) is 1. The second-order valence-electron chi connectivity index (χ2n) is 4.39. The Labute approximate surface area is 113 Å². The quantitative estimate of drug-likeness (QED) is 0.895. The summed E-state index contributed by atoms with van der Waals surface area (Å²) in [4.78, 5) is 0. The number of rotatable bonds is 5. The Bertz CT molecular complexity index is 523. The first-order valence-corrected chi connectivity index (χ1v) is 6.21. The summed E-state index contributed by atoms with van der Waals surface area (Å²) in [7, 11) is 1.60. The van der Waals surface area contributed by atoms with Gasteiger partial charge in [-0.15, -0.1) is 0 Å². The first-order chi connectivity index (χ1) is 9.20. The minimum Gasteiger partial charge on any atom is -0.496 e. The standard InChI is InChI=1S/C16H18O3/c1-12-8-9-16(18-2)14(10-12)15(17)11-19-13-6-4-3-5-7-13/h3-10,15,17H,11H2,1-2H3. The monoisotopic (exact) mass is 258 g/mol. The van der Waals surface area contributed by atoms with Crippen molar-refractivity contribution in [3.63, 3.8) is 0 Å². The molecule has 1 atom stereocenters. The van der Waals surface area contributed by atoms with Crippen molar-refractivity contribution in [2.24, 2.45) is 0 Å². The lowest BCUT2D eigenvalue weighted by molar-refractivity contribution is 0.105. The molecule has 1 N–H and O–H groups in total. The third-order valence-electron chi connectivity index (χ3n) is 2.90. The lowest BCUT2D eigenvalue weighted by Crippen LogP contribution is -2.11. The van der Waals surface area contributed by atoms with Crippen molar-refractivity contribution in [1.82, 2.24) is 0 Å². The highest BCUT2D eigenvalue weighted by Crippen LogP contribution is 2.26. The van der Waals surface area contributed by atoms with Gasteiger partial charge in [0.15, 0.2) is 0 Å². The van der Waals surface area contributed by atoms with Crippen LogP contribution >= 0.6 is 0 Å². The molecule has 3 heteroatoms. The number of aryl methyl sites for hydroxylation is 1. The number of hydrogen-bond acceptors (Lipinski definition) is 3. The van der Waals surface area contributed by atoms with Crippen LogP contribution in [0.3, 0.4) is 0 Å². The van der Waals surface area contributed by atoms with Crippen molar-refractivity contribution in [1.29, 1.82) is 0 Å². The van der Waals surface area contributed by atoms with Gasteiger partial charge >= 0.3 is 0 Å². The topological polar surface area (TPSA) is 38.7 Å². The average molecular weight is 258 g/mol. The molecule has 0 saturated carbocycles. The van der Waals surface area contributed by atoms with Gasteiger partial charge in [-0.2, -0.15) is 0 Å². The maximum absolute atomic E-state index is 10.2. The van der Waals surface area contributed by atoms with Gasteiger partial charge in [0, 0.05) is 5.56 Å². The summed E-state index contributed by atoms with van der Waals surface area (Å²) in [6.45, 7) is 2.18. The predicted molar refractivity (Wildman–Crippen MR) is 74.6 cm³/mol. The smallest absolute Gasteiger partial charge is 0.124 e. The van der Waals surface area contributed by atoms with E-state index >= 15 is 0 Å². The molecule has 0 amide bonds. The van der Waals surface area contributed by atoms with Crippen molar-refractivity contribution >= 4 is 0 Å². The Balaban J connectivity index is 2.07. The Kier molecular flexibility index (Phi) is 4.42. The van der Waals surface area contributed by atoms with Gasteiger partial charge in [-0.1, -0.05) is 29.8 Å². The summed E-state index contributed by atoms with van der Waals surface area (Å²) < 4.78 is 10.8. The molecule has 19 heavy (non-hydrogen) atoms. The summed E-state index contributed by atoms with van der Waals surface area (Å²) in [6, 6.07) is 15.2. The van der Waals surface area contributed by atoms with Gasteiger partial charge < -0.3 is 14.6 Å².